The van der Waals surface area contributed by atoms with Gasteiger partial charge in [0.25, 0.3) is 0 Å². The first-order valence-corrected chi connectivity index (χ1v) is 7.15. The van der Waals surface area contributed by atoms with Gasteiger partial charge in [-0.25, -0.2) is 4.98 Å². The third-order valence-electron chi connectivity index (χ3n) is 4.15. The Kier molecular flexibility index (Phi) is 3.82. The first kappa shape index (κ1) is 13.3. The van der Waals surface area contributed by atoms with E-state index in [2.05, 4.69) is 14.9 Å². The highest BCUT2D eigenvalue weighted by Crippen LogP contribution is 2.25. The second-order valence-electron chi connectivity index (χ2n) is 5.32. The summed E-state index contributed by atoms with van der Waals surface area (Å²) < 4.78 is 5.87. The van der Waals surface area contributed by atoms with E-state index in [4.69, 9.17) is 4.74 Å². The zero-order valence-electron chi connectivity index (χ0n) is 11.7. The fourth-order valence-electron chi connectivity index (χ4n) is 3.16. The van der Waals surface area contributed by atoms with Crippen molar-refractivity contribution >= 4 is 11.7 Å². The Morgan fingerprint density at radius 2 is 2.15 bits per heavy atom. The summed E-state index contributed by atoms with van der Waals surface area (Å²) in [5.41, 5.74) is 0. The van der Waals surface area contributed by atoms with E-state index in [1.54, 1.807) is 25.5 Å². The molecule has 2 fully saturated rings. The second kappa shape index (κ2) is 5.75. The predicted octanol–water partition coefficient (Wildman–Crippen LogP) is 0.693. The molecule has 2 atom stereocenters. The Morgan fingerprint density at radius 1 is 1.30 bits per heavy atom. The monoisotopic (exact) mass is 276 g/mol. The second-order valence-corrected chi connectivity index (χ2v) is 5.32. The van der Waals surface area contributed by atoms with Crippen LogP contribution in [0.15, 0.2) is 18.6 Å². The van der Waals surface area contributed by atoms with Crippen LogP contribution in [0.2, 0.25) is 0 Å². The Hall–Kier alpha value is -1.69. The van der Waals surface area contributed by atoms with Crippen molar-refractivity contribution in [1.29, 1.82) is 0 Å². The largest absolute Gasteiger partial charge is 0.374 e. The number of hydrogen-bond acceptors (Lipinski definition) is 5. The summed E-state index contributed by atoms with van der Waals surface area (Å²) in [5.74, 6) is 1.05. The topological polar surface area (TPSA) is 58.6 Å². The van der Waals surface area contributed by atoms with Gasteiger partial charge in [0, 0.05) is 39.0 Å². The van der Waals surface area contributed by atoms with Gasteiger partial charge in [0.05, 0.1) is 24.9 Å². The number of ether oxygens (including phenoxy) is 1. The van der Waals surface area contributed by atoms with E-state index in [1.807, 2.05) is 4.90 Å². The van der Waals surface area contributed by atoms with Crippen molar-refractivity contribution in [3.63, 3.8) is 0 Å². The van der Waals surface area contributed by atoms with E-state index in [1.165, 1.54) is 0 Å². The summed E-state index contributed by atoms with van der Waals surface area (Å²) in [5, 5.41) is 0. The van der Waals surface area contributed by atoms with Crippen molar-refractivity contribution in [3.8, 4) is 0 Å². The van der Waals surface area contributed by atoms with Gasteiger partial charge >= 0.3 is 0 Å². The quantitative estimate of drug-likeness (QED) is 0.755. The Morgan fingerprint density at radius 3 is 2.90 bits per heavy atom. The van der Waals surface area contributed by atoms with Crippen molar-refractivity contribution in [1.82, 2.24) is 14.9 Å². The molecule has 2 saturated heterocycles. The predicted molar refractivity (Wildman–Crippen MR) is 74.4 cm³/mol. The van der Waals surface area contributed by atoms with Crippen LogP contribution in [0.5, 0.6) is 0 Å². The molecule has 1 aromatic heterocycles. The highest BCUT2D eigenvalue weighted by atomic mass is 16.5. The lowest BCUT2D eigenvalue weighted by molar-refractivity contribution is -0.144. The zero-order valence-corrected chi connectivity index (χ0v) is 11.7. The van der Waals surface area contributed by atoms with Gasteiger partial charge in [0.1, 0.15) is 5.82 Å². The fourth-order valence-corrected chi connectivity index (χ4v) is 3.16. The molecule has 0 saturated carbocycles. The molecule has 3 rings (SSSR count). The number of rotatable bonds is 1. The highest BCUT2D eigenvalue weighted by Gasteiger charge is 2.36. The van der Waals surface area contributed by atoms with Crippen molar-refractivity contribution in [2.45, 2.75) is 31.9 Å². The molecule has 20 heavy (non-hydrogen) atoms. The van der Waals surface area contributed by atoms with Crippen molar-refractivity contribution in [2.75, 3.05) is 31.1 Å². The smallest absolute Gasteiger partial charge is 0.219 e. The van der Waals surface area contributed by atoms with Crippen molar-refractivity contribution < 1.29 is 9.53 Å². The van der Waals surface area contributed by atoms with Crippen LogP contribution in [0, 0.1) is 0 Å². The minimum atomic E-state index is 0.148. The van der Waals surface area contributed by atoms with Crippen LogP contribution in [-0.4, -0.2) is 59.2 Å². The number of aromatic nitrogens is 2. The average molecular weight is 276 g/mol. The molecule has 0 N–H and O–H groups in total. The molecule has 108 valence electrons. The minimum Gasteiger partial charge on any atom is -0.374 e. The minimum absolute atomic E-state index is 0.148. The van der Waals surface area contributed by atoms with E-state index in [0.29, 0.717) is 13.2 Å². The van der Waals surface area contributed by atoms with Gasteiger partial charge < -0.3 is 14.5 Å². The highest BCUT2D eigenvalue weighted by molar-refractivity contribution is 5.73. The number of carbonyl (C=O) groups excluding carboxylic acids is 1. The van der Waals surface area contributed by atoms with Crippen LogP contribution in [0.4, 0.5) is 5.82 Å². The average Bonchev–Trinajstić information content (AvgIpc) is 2.70. The maximum atomic E-state index is 11.8. The van der Waals surface area contributed by atoms with Gasteiger partial charge in [0.2, 0.25) is 5.91 Å². The Balaban J connectivity index is 1.74. The maximum absolute atomic E-state index is 11.8. The van der Waals surface area contributed by atoms with Gasteiger partial charge in [-0.3, -0.25) is 9.78 Å². The third-order valence-corrected chi connectivity index (χ3v) is 4.15. The SMILES string of the molecule is CC(=O)N1CCO[C@@H]2CCN(c3cnccn3)CC[C@@H]21. The third kappa shape index (κ3) is 2.60. The lowest BCUT2D eigenvalue weighted by Crippen LogP contribution is -2.52. The molecular formula is C14H20N4O2. The number of hydrogen-bond donors (Lipinski definition) is 0. The standard InChI is InChI=1S/C14H20N4O2/c1-11(19)18-8-9-20-13-3-7-17(6-2-12(13)18)14-10-15-4-5-16-14/h4-5,10,12-13H,2-3,6-9H2,1H3/t12-,13+/m0/s1. The molecule has 2 aliphatic rings. The summed E-state index contributed by atoms with van der Waals surface area (Å²) in [6.07, 6.45) is 7.17. The molecule has 0 aromatic carbocycles. The van der Waals surface area contributed by atoms with Crippen LogP contribution in [-0.2, 0) is 9.53 Å². The van der Waals surface area contributed by atoms with E-state index >= 15 is 0 Å². The van der Waals surface area contributed by atoms with Crippen LogP contribution in [0.1, 0.15) is 19.8 Å². The van der Waals surface area contributed by atoms with Crippen molar-refractivity contribution in [3.05, 3.63) is 18.6 Å². The molecule has 6 nitrogen and oxygen atoms in total. The Labute approximate surface area is 118 Å². The lowest BCUT2D eigenvalue weighted by Gasteiger charge is -2.39. The molecule has 0 radical (unpaired) electrons. The zero-order chi connectivity index (χ0) is 13.9. The van der Waals surface area contributed by atoms with Crippen LogP contribution in [0.3, 0.4) is 0 Å². The normalized spacial score (nSPS) is 26.9. The maximum Gasteiger partial charge on any atom is 0.219 e. The molecule has 1 aromatic rings. The lowest BCUT2D eigenvalue weighted by atomic mass is 10.0. The molecule has 0 bridgehead atoms. The first-order valence-electron chi connectivity index (χ1n) is 7.15. The summed E-state index contributed by atoms with van der Waals surface area (Å²) in [4.78, 5) is 24.4. The van der Waals surface area contributed by atoms with E-state index in [9.17, 15) is 4.79 Å². The van der Waals surface area contributed by atoms with E-state index < -0.39 is 0 Å². The van der Waals surface area contributed by atoms with E-state index in [0.717, 1.165) is 31.7 Å². The van der Waals surface area contributed by atoms with E-state index in [-0.39, 0.29) is 18.1 Å². The molecule has 3 heterocycles. The van der Waals surface area contributed by atoms with Gasteiger partial charge in [-0.1, -0.05) is 0 Å². The first-order chi connectivity index (χ1) is 9.75. The number of morpholine rings is 1. The Bertz CT molecular complexity index is 468. The summed E-state index contributed by atoms with van der Waals surface area (Å²) in [6.45, 7) is 4.78. The van der Waals surface area contributed by atoms with Crippen LogP contribution < -0.4 is 4.90 Å². The summed E-state index contributed by atoms with van der Waals surface area (Å²) in [7, 11) is 0. The van der Waals surface area contributed by atoms with Gasteiger partial charge in [0.15, 0.2) is 0 Å². The van der Waals surface area contributed by atoms with Crippen molar-refractivity contribution in [2.24, 2.45) is 0 Å². The molecule has 6 heteroatoms. The van der Waals surface area contributed by atoms with Gasteiger partial charge in [-0.15, -0.1) is 0 Å². The molecule has 2 aliphatic heterocycles. The fraction of sp³-hybridized carbons (Fsp3) is 0.643. The van der Waals surface area contributed by atoms with Gasteiger partial charge in [-0.05, 0) is 12.8 Å². The van der Waals surface area contributed by atoms with Crippen LogP contribution >= 0.6 is 0 Å². The molecular weight excluding hydrogens is 256 g/mol. The number of anilines is 1. The number of nitrogens with zero attached hydrogens (tertiary/aromatic N) is 4. The number of amides is 1. The number of carbonyl (C=O) groups is 1. The molecule has 0 spiro atoms. The molecule has 0 unspecified atom stereocenters. The van der Waals surface area contributed by atoms with Crippen LogP contribution in [0.25, 0.3) is 0 Å². The summed E-state index contributed by atoms with van der Waals surface area (Å²) >= 11 is 0. The summed E-state index contributed by atoms with van der Waals surface area (Å²) in [6, 6.07) is 0.197. The molecule has 1 amide bonds. The number of fused-ring (bicyclic) bond motifs is 1. The van der Waals surface area contributed by atoms with Gasteiger partial charge in [-0.2, -0.15) is 0 Å². The molecule has 0 aliphatic carbocycles.